The van der Waals surface area contributed by atoms with Gasteiger partial charge in [0.1, 0.15) is 0 Å². The molecule has 0 spiro atoms. The number of thiazole rings is 1. The van der Waals surface area contributed by atoms with Crippen molar-refractivity contribution in [3.05, 3.63) is 106 Å². The van der Waals surface area contributed by atoms with E-state index in [0.717, 1.165) is 33.0 Å². The molecule has 2 aromatic heterocycles. The monoisotopic (exact) mass is 486 g/mol. The number of para-hydroxylation sites is 1. The molecule has 31 heavy (non-hydrogen) atoms. The Hall–Kier alpha value is -3.22. The fraction of sp³-hybridized carbons (Fsp3) is 0.0400. The first kappa shape index (κ1) is 19.7. The minimum atomic E-state index is 0.766. The number of benzene rings is 3. The molecular formula is C25H19BrN4S. The molecule has 3 aromatic carbocycles. The van der Waals surface area contributed by atoms with E-state index >= 15 is 0 Å². The summed E-state index contributed by atoms with van der Waals surface area (Å²) in [6.45, 7) is 0.825. The lowest BCUT2D eigenvalue weighted by atomic mass is 10.2. The summed E-state index contributed by atoms with van der Waals surface area (Å²) < 4.78 is 3.32. The van der Waals surface area contributed by atoms with Crippen LogP contribution in [0.25, 0.3) is 22.2 Å². The predicted molar refractivity (Wildman–Crippen MR) is 134 cm³/mol. The summed E-state index contributed by atoms with van der Waals surface area (Å²) in [5.74, 6) is 0. The lowest BCUT2D eigenvalue weighted by Crippen LogP contribution is -1.97. The van der Waals surface area contributed by atoms with Gasteiger partial charge in [-0.25, -0.2) is 4.98 Å². The molecule has 0 aliphatic carbocycles. The number of nitrogens with one attached hydrogen (secondary N) is 1. The Kier molecular flexibility index (Phi) is 5.65. The van der Waals surface area contributed by atoms with Crippen LogP contribution in [0.2, 0.25) is 0 Å². The van der Waals surface area contributed by atoms with Crippen molar-refractivity contribution in [2.75, 3.05) is 5.43 Å². The molecule has 0 aliphatic heterocycles. The number of hydrazone groups is 1. The second-order valence-corrected chi connectivity index (χ2v) is 8.90. The van der Waals surface area contributed by atoms with E-state index in [0.29, 0.717) is 0 Å². The molecule has 0 unspecified atom stereocenters. The molecule has 6 heteroatoms. The summed E-state index contributed by atoms with van der Waals surface area (Å²) >= 11 is 5.01. The van der Waals surface area contributed by atoms with Crippen LogP contribution >= 0.6 is 27.3 Å². The van der Waals surface area contributed by atoms with Gasteiger partial charge in [0.15, 0.2) is 0 Å². The molecule has 5 rings (SSSR count). The molecular weight excluding hydrogens is 468 g/mol. The second kappa shape index (κ2) is 8.88. The van der Waals surface area contributed by atoms with E-state index in [1.165, 1.54) is 16.5 Å². The van der Waals surface area contributed by atoms with Crippen LogP contribution in [0, 0.1) is 0 Å². The van der Waals surface area contributed by atoms with Crippen molar-refractivity contribution in [1.82, 2.24) is 9.55 Å². The topological polar surface area (TPSA) is 42.2 Å². The molecule has 0 amide bonds. The van der Waals surface area contributed by atoms with Crippen LogP contribution in [0.1, 0.15) is 11.1 Å². The van der Waals surface area contributed by atoms with Gasteiger partial charge < -0.3 is 4.57 Å². The summed E-state index contributed by atoms with van der Waals surface area (Å²) in [6, 6.07) is 27.0. The first-order valence-electron chi connectivity index (χ1n) is 9.88. The minimum absolute atomic E-state index is 0.766. The molecule has 0 saturated carbocycles. The number of halogens is 1. The zero-order chi connectivity index (χ0) is 21.0. The fourth-order valence-electron chi connectivity index (χ4n) is 3.52. The van der Waals surface area contributed by atoms with E-state index < -0.39 is 0 Å². The summed E-state index contributed by atoms with van der Waals surface area (Å²) in [7, 11) is 0. The maximum absolute atomic E-state index is 4.64. The summed E-state index contributed by atoms with van der Waals surface area (Å²) in [5.41, 5.74) is 8.64. The Morgan fingerprint density at radius 2 is 1.74 bits per heavy atom. The average molecular weight is 487 g/mol. The van der Waals surface area contributed by atoms with Crippen LogP contribution in [0.3, 0.4) is 0 Å². The summed E-state index contributed by atoms with van der Waals surface area (Å²) in [5, 5.41) is 8.44. The Morgan fingerprint density at radius 1 is 0.968 bits per heavy atom. The first-order valence-corrected chi connectivity index (χ1v) is 11.6. The Morgan fingerprint density at radius 3 is 2.58 bits per heavy atom. The highest BCUT2D eigenvalue weighted by Crippen LogP contribution is 2.26. The standard InChI is InChI=1S/C25H19BrN4S/c26-21-12-10-19(11-13-21)23-17-31-25(28-23)29-27-14-20-16-30(15-18-6-2-1-3-7-18)24-9-5-4-8-22(20)24/h1-14,16-17H,15H2,(H,28,29)/b27-14+. The summed E-state index contributed by atoms with van der Waals surface area (Å²) in [4.78, 5) is 4.64. The van der Waals surface area contributed by atoms with Crippen LogP contribution in [0.5, 0.6) is 0 Å². The van der Waals surface area contributed by atoms with E-state index in [1.54, 1.807) is 11.3 Å². The van der Waals surface area contributed by atoms with Gasteiger partial charge in [0, 0.05) is 44.6 Å². The van der Waals surface area contributed by atoms with Gasteiger partial charge in [0.2, 0.25) is 5.13 Å². The third-order valence-electron chi connectivity index (χ3n) is 5.02. The molecule has 2 heterocycles. The quantitative estimate of drug-likeness (QED) is 0.207. The van der Waals surface area contributed by atoms with E-state index in [1.807, 2.05) is 41.9 Å². The van der Waals surface area contributed by atoms with Crippen molar-refractivity contribution in [2.24, 2.45) is 5.10 Å². The molecule has 0 bridgehead atoms. The van der Waals surface area contributed by atoms with Gasteiger partial charge in [-0.2, -0.15) is 5.10 Å². The van der Waals surface area contributed by atoms with Crippen LogP contribution < -0.4 is 5.43 Å². The second-order valence-electron chi connectivity index (χ2n) is 7.13. The zero-order valence-corrected chi connectivity index (χ0v) is 19.0. The molecule has 4 nitrogen and oxygen atoms in total. The SMILES string of the molecule is Brc1ccc(-c2csc(N/N=C/c3cn(Cc4ccccc4)c4ccccc34)n2)cc1. The third-order valence-corrected chi connectivity index (χ3v) is 6.30. The normalized spacial score (nSPS) is 11.4. The lowest BCUT2D eigenvalue weighted by Gasteiger charge is -2.05. The highest BCUT2D eigenvalue weighted by molar-refractivity contribution is 9.10. The van der Waals surface area contributed by atoms with E-state index in [-0.39, 0.29) is 0 Å². The van der Waals surface area contributed by atoms with Crippen molar-refractivity contribution in [3.63, 3.8) is 0 Å². The molecule has 0 saturated heterocycles. The van der Waals surface area contributed by atoms with E-state index in [4.69, 9.17) is 0 Å². The molecule has 0 fully saturated rings. The van der Waals surface area contributed by atoms with Crippen molar-refractivity contribution < 1.29 is 0 Å². The molecule has 0 aliphatic rings. The third kappa shape index (κ3) is 4.45. The molecule has 0 atom stereocenters. The minimum Gasteiger partial charge on any atom is -0.342 e. The van der Waals surface area contributed by atoms with Crippen molar-refractivity contribution in [2.45, 2.75) is 6.54 Å². The number of hydrogen-bond acceptors (Lipinski definition) is 4. The zero-order valence-electron chi connectivity index (χ0n) is 16.6. The fourth-order valence-corrected chi connectivity index (χ4v) is 4.46. The number of hydrogen-bond donors (Lipinski definition) is 1. The van der Waals surface area contributed by atoms with Gasteiger partial charge in [0.25, 0.3) is 0 Å². The van der Waals surface area contributed by atoms with Crippen LogP contribution in [-0.2, 0) is 6.54 Å². The van der Waals surface area contributed by atoms with Gasteiger partial charge in [0.05, 0.1) is 11.9 Å². The number of rotatable bonds is 6. The van der Waals surface area contributed by atoms with E-state index in [9.17, 15) is 0 Å². The van der Waals surface area contributed by atoms with E-state index in [2.05, 4.69) is 90.7 Å². The highest BCUT2D eigenvalue weighted by atomic mass is 79.9. The van der Waals surface area contributed by atoms with Crippen LogP contribution in [-0.4, -0.2) is 15.8 Å². The Labute approximate surface area is 193 Å². The van der Waals surface area contributed by atoms with Gasteiger partial charge >= 0.3 is 0 Å². The first-order chi connectivity index (χ1) is 15.3. The van der Waals surface area contributed by atoms with Crippen molar-refractivity contribution in [3.8, 4) is 11.3 Å². The Balaban J connectivity index is 1.35. The maximum Gasteiger partial charge on any atom is 0.203 e. The van der Waals surface area contributed by atoms with Gasteiger partial charge in [-0.05, 0) is 23.8 Å². The number of fused-ring (bicyclic) bond motifs is 1. The largest absolute Gasteiger partial charge is 0.342 e. The van der Waals surface area contributed by atoms with Gasteiger partial charge in [-0.15, -0.1) is 11.3 Å². The Bertz CT molecular complexity index is 1340. The number of aromatic nitrogens is 2. The number of nitrogens with zero attached hydrogens (tertiary/aromatic N) is 3. The summed E-state index contributed by atoms with van der Waals surface area (Å²) in [6.07, 6.45) is 4.02. The molecule has 0 radical (unpaired) electrons. The van der Waals surface area contributed by atoms with Gasteiger partial charge in [-0.3, -0.25) is 5.43 Å². The van der Waals surface area contributed by atoms with Crippen molar-refractivity contribution >= 4 is 49.5 Å². The smallest absolute Gasteiger partial charge is 0.203 e. The maximum atomic E-state index is 4.64. The lowest BCUT2D eigenvalue weighted by molar-refractivity contribution is 0.836. The predicted octanol–water partition coefficient (Wildman–Crippen LogP) is 7.02. The molecule has 152 valence electrons. The molecule has 1 N–H and O–H groups in total. The highest BCUT2D eigenvalue weighted by Gasteiger charge is 2.08. The number of anilines is 1. The van der Waals surface area contributed by atoms with Crippen LogP contribution in [0.15, 0.2) is 100 Å². The van der Waals surface area contributed by atoms with Crippen LogP contribution in [0.4, 0.5) is 5.13 Å². The molecule has 5 aromatic rings. The van der Waals surface area contributed by atoms with Gasteiger partial charge in [-0.1, -0.05) is 76.6 Å². The average Bonchev–Trinajstić information content (AvgIpc) is 3.41. The van der Waals surface area contributed by atoms with Crippen molar-refractivity contribution in [1.29, 1.82) is 0 Å².